The van der Waals surface area contributed by atoms with E-state index in [1.54, 1.807) is 4.90 Å². The van der Waals surface area contributed by atoms with Gasteiger partial charge in [-0.1, -0.05) is 0 Å². The van der Waals surface area contributed by atoms with Gasteiger partial charge in [-0.05, 0) is 19.8 Å². The maximum Gasteiger partial charge on any atom is 0.230 e. The van der Waals surface area contributed by atoms with Crippen LogP contribution in [0.4, 0.5) is 0 Å². The zero-order chi connectivity index (χ0) is 9.84. The summed E-state index contributed by atoms with van der Waals surface area (Å²) in [7, 11) is 0. The number of rotatable bonds is 2. The highest BCUT2D eigenvalue weighted by molar-refractivity contribution is 5.96. The SMILES string of the molecule is CC(=O)CC(=O)N1CCC[C@@H](O)C1. The highest BCUT2D eigenvalue weighted by Crippen LogP contribution is 2.10. The molecule has 4 heteroatoms. The second-order valence-electron chi connectivity index (χ2n) is 3.51. The van der Waals surface area contributed by atoms with E-state index in [0.29, 0.717) is 13.1 Å². The molecule has 0 aliphatic carbocycles. The van der Waals surface area contributed by atoms with Crippen LogP contribution in [-0.2, 0) is 9.59 Å². The minimum atomic E-state index is -0.412. The summed E-state index contributed by atoms with van der Waals surface area (Å²) in [4.78, 5) is 23.6. The number of piperidine rings is 1. The monoisotopic (exact) mass is 185 g/mol. The van der Waals surface area contributed by atoms with Gasteiger partial charge in [0.1, 0.15) is 5.78 Å². The quantitative estimate of drug-likeness (QED) is 0.613. The lowest BCUT2D eigenvalue weighted by Crippen LogP contribution is -2.42. The topological polar surface area (TPSA) is 57.6 Å². The van der Waals surface area contributed by atoms with Crippen LogP contribution < -0.4 is 0 Å². The maximum atomic E-state index is 11.3. The van der Waals surface area contributed by atoms with Crippen molar-refractivity contribution in [2.24, 2.45) is 0 Å². The average molecular weight is 185 g/mol. The molecule has 4 nitrogen and oxygen atoms in total. The number of hydrogen-bond acceptors (Lipinski definition) is 3. The standard InChI is InChI=1S/C9H15NO3/c1-7(11)5-9(13)10-4-2-3-8(12)6-10/h8,12H,2-6H2,1H3/t8-/m1/s1. The third-order valence-corrected chi connectivity index (χ3v) is 2.15. The molecule has 1 atom stereocenters. The first-order valence-electron chi connectivity index (χ1n) is 4.55. The van der Waals surface area contributed by atoms with Crippen molar-refractivity contribution in [1.29, 1.82) is 0 Å². The van der Waals surface area contributed by atoms with E-state index >= 15 is 0 Å². The minimum Gasteiger partial charge on any atom is -0.391 e. The molecule has 0 aromatic carbocycles. The number of amides is 1. The number of aliphatic hydroxyl groups is 1. The molecule has 1 aliphatic heterocycles. The number of carbonyl (C=O) groups is 2. The van der Waals surface area contributed by atoms with Crippen LogP contribution in [0.15, 0.2) is 0 Å². The Morgan fingerprint density at radius 2 is 2.23 bits per heavy atom. The predicted molar refractivity (Wildman–Crippen MR) is 47.1 cm³/mol. The molecule has 0 radical (unpaired) electrons. The molecule has 0 aromatic heterocycles. The lowest BCUT2D eigenvalue weighted by Gasteiger charge is -2.29. The Kier molecular flexibility index (Phi) is 3.42. The van der Waals surface area contributed by atoms with Crippen molar-refractivity contribution >= 4 is 11.7 Å². The van der Waals surface area contributed by atoms with Gasteiger partial charge >= 0.3 is 0 Å². The lowest BCUT2D eigenvalue weighted by atomic mass is 10.1. The van der Waals surface area contributed by atoms with Crippen LogP contribution in [0.25, 0.3) is 0 Å². The largest absolute Gasteiger partial charge is 0.391 e. The van der Waals surface area contributed by atoms with E-state index in [-0.39, 0.29) is 18.1 Å². The van der Waals surface area contributed by atoms with E-state index in [9.17, 15) is 14.7 Å². The Morgan fingerprint density at radius 1 is 1.54 bits per heavy atom. The number of aliphatic hydroxyl groups excluding tert-OH is 1. The Hall–Kier alpha value is -0.900. The third-order valence-electron chi connectivity index (χ3n) is 2.15. The zero-order valence-electron chi connectivity index (χ0n) is 7.82. The van der Waals surface area contributed by atoms with Gasteiger partial charge in [0.2, 0.25) is 5.91 Å². The molecule has 1 rings (SSSR count). The van der Waals surface area contributed by atoms with Crippen molar-refractivity contribution in [2.75, 3.05) is 13.1 Å². The Balaban J connectivity index is 2.41. The third kappa shape index (κ3) is 3.14. The fourth-order valence-electron chi connectivity index (χ4n) is 1.51. The first-order chi connectivity index (χ1) is 6.09. The van der Waals surface area contributed by atoms with Crippen molar-refractivity contribution in [3.05, 3.63) is 0 Å². The average Bonchev–Trinajstić information content (AvgIpc) is 2.03. The Bertz CT molecular complexity index is 215. The van der Waals surface area contributed by atoms with Gasteiger partial charge in [-0.25, -0.2) is 0 Å². The van der Waals surface area contributed by atoms with Gasteiger partial charge in [0.15, 0.2) is 0 Å². The molecular weight excluding hydrogens is 170 g/mol. The highest BCUT2D eigenvalue weighted by Gasteiger charge is 2.22. The molecule has 1 fully saturated rings. The van der Waals surface area contributed by atoms with Crippen LogP contribution in [0.3, 0.4) is 0 Å². The smallest absolute Gasteiger partial charge is 0.230 e. The van der Waals surface area contributed by atoms with E-state index in [1.807, 2.05) is 0 Å². The molecule has 1 N–H and O–H groups in total. The van der Waals surface area contributed by atoms with Crippen molar-refractivity contribution in [1.82, 2.24) is 4.90 Å². The molecule has 74 valence electrons. The summed E-state index contributed by atoms with van der Waals surface area (Å²) in [5.41, 5.74) is 0. The van der Waals surface area contributed by atoms with Crippen molar-refractivity contribution < 1.29 is 14.7 Å². The molecule has 1 heterocycles. The Labute approximate surface area is 77.5 Å². The van der Waals surface area contributed by atoms with Crippen LogP contribution in [-0.4, -0.2) is 40.9 Å². The second kappa shape index (κ2) is 4.37. The summed E-state index contributed by atoms with van der Waals surface area (Å²) >= 11 is 0. The van der Waals surface area contributed by atoms with E-state index in [0.717, 1.165) is 12.8 Å². The van der Waals surface area contributed by atoms with Crippen LogP contribution in [0, 0.1) is 0 Å². The van der Waals surface area contributed by atoms with Gasteiger partial charge in [-0.3, -0.25) is 9.59 Å². The predicted octanol–water partition coefficient (Wildman–Crippen LogP) is -0.0512. The van der Waals surface area contributed by atoms with Gasteiger partial charge in [-0.15, -0.1) is 0 Å². The van der Waals surface area contributed by atoms with E-state index in [4.69, 9.17) is 0 Å². The summed E-state index contributed by atoms with van der Waals surface area (Å²) in [5.74, 6) is -0.281. The van der Waals surface area contributed by atoms with Crippen LogP contribution in [0.1, 0.15) is 26.2 Å². The minimum absolute atomic E-state index is 0.0350. The lowest BCUT2D eigenvalue weighted by molar-refractivity contribution is -0.137. The van der Waals surface area contributed by atoms with E-state index in [2.05, 4.69) is 0 Å². The summed E-state index contributed by atoms with van der Waals surface area (Å²) in [6, 6.07) is 0. The normalized spacial score (nSPS) is 22.9. The highest BCUT2D eigenvalue weighted by atomic mass is 16.3. The van der Waals surface area contributed by atoms with Crippen molar-refractivity contribution in [2.45, 2.75) is 32.3 Å². The second-order valence-corrected chi connectivity index (χ2v) is 3.51. The molecule has 0 saturated carbocycles. The molecule has 13 heavy (non-hydrogen) atoms. The maximum absolute atomic E-state index is 11.3. The molecule has 0 aromatic rings. The summed E-state index contributed by atoms with van der Waals surface area (Å²) in [6.07, 6.45) is 1.13. The summed E-state index contributed by atoms with van der Waals surface area (Å²) in [5, 5.41) is 9.28. The number of likely N-dealkylation sites (tertiary alicyclic amines) is 1. The number of β-amino-alcohol motifs (C(OH)–C–C–N with tert-alkyl or cyclic N) is 1. The molecule has 1 aliphatic rings. The van der Waals surface area contributed by atoms with Gasteiger partial charge < -0.3 is 10.0 Å². The first-order valence-corrected chi connectivity index (χ1v) is 4.55. The number of ketones is 1. The van der Waals surface area contributed by atoms with E-state index in [1.165, 1.54) is 6.92 Å². The van der Waals surface area contributed by atoms with E-state index < -0.39 is 6.10 Å². The van der Waals surface area contributed by atoms with Crippen molar-refractivity contribution in [3.8, 4) is 0 Å². The summed E-state index contributed by atoms with van der Waals surface area (Å²) < 4.78 is 0. The van der Waals surface area contributed by atoms with Gasteiger partial charge in [0, 0.05) is 13.1 Å². The van der Waals surface area contributed by atoms with Crippen LogP contribution >= 0.6 is 0 Å². The summed E-state index contributed by atoms with van der Waals surface area (Å²) in [6.45, 7) is 2.45. The molecule has 1 amide bonds. The Morgan fingerprint density at radius 3 is 2.77 bits per heavy atom. The molecule has 0 spiro atoms. The van der Waals surface area contributed by atoms with Crippen LogP contribution in [0.5, 0.6) is 0 Å². The van der Waals surface area contributed by atoms with Crippen LogP contribution in [0.2, 0.25) is 0 Å². The fourth-order valence-corrected chi connectivity index (χ4v) is 1.51. The van der Waals surface area contributed by atoms with Gasteiger partial charge in [0.05, 0.1) is 12.5 Å². The van der Waals surface area contributed by atoms with Gasteiger partial charge in [0.25, 0.3) is 0 Å². The molecule has 1 saturated heterocycles. The van der Waals surface area contributed by atoms with Gasteiger partial charge in [-0.2, -0.15) is 0 Å². The fraction of sp³-hybridized carbons (Fsp3) is 0.778. The number of Topliss-reactive ketones (excluding diaryl/α,β-unsaturated/α-hetero) is 1. The number of hydrogen-bond donors (Lipinski definition) is 1. The van der Waals surface area contributed by atoms with Crippen molar-refractivity contribution in [3.63, 3.8) is 0 Å². The molecule has 0 bridgehead atoms. The first kappa shape index (κ1) is 10.2. The molecular formula is C9H15NO3. The number of carbonyl (C=O) groups excluding carboxylic acids is 2. The number of nitrogens with zero attached hydrogens (tertiary/aromatic N) is 1. The zero-order valence-corrected chi connectivity index (χ0v) is 7.82. The molecule has 0 unspecified atom stereocenters.